The highest BCUT2D eigenvalue weighted by atomic mass is 35.5. The van der Waals surface area contributed by atoms with Crippen LogP contribution < -0.4 is 26.8 Å². The van der Waals surface area contributed by atoms with E-state index in [0.29, 0.717) is 40.7 Å². The highest BCUT2D eigenvalue weighted by Gasteiger charge is 2.32. The molecule has 0 bridgehead atoms. The number of alkyl halides is 3. The second kappa shape index (κ2) is 14.3. The molecule has 0 fully saturated rings. The summed E-state index contributed by atoms with van der Waals surface area (Å²) in [5.41, 5.74) is 9.95. The molecule has 9 nitrogen and oxygen atoms in total. The summed E-state index contributed by atoms with van der Waals surface area (Å²) in [4.78, 5) is 17.1. The molecule has 1 heterocycles. The van der Waals surface area contributed by atoms with Crippen molar-refractivity contribution in [1.29, 1.82) is 0 Å². The number of amides is 1. The molecule has 1 amide bonds. The SMILES string of the molecule is CCN(C)CCN(C)c1cc(NC(=O)c2ccc(C)c(N(N)/C=C(\N)c3cnn(C)c3-c3ccc(Cl)cc3)c2)cc(C(F)(F)F)c1. The summed E-state index contributed by atoms with van der Waals surface area (Å²) in [6.07, 6.45) is -1.45. The number of nitrogens with zero attached hydrogens (tertiary/aromatic N) is 5. The molecule has 0 aliphatic carbocycles. The third-order valence-corrected chi connectivity index (χ3v) is 7.95. The van der Waals surface area contributed by atoms with Crippen LogP contribution in [0.5, 0.6) is 0 Å². The Morgan fingerprint density at radius 1 is 1.07 bits per heavy atom. The van der Waals surface area contributed by atoms with E-state index in [4.69, 9.17) is 23.2 Å². The van der Waals surface area contributed by atoms with Gasteiger partial charge in [-0.05, 0) is 68.5 Å². The van der Waals surface area contributed by atoms with Gasteiger partial charge < -0.3 is 20.9 Å². The number of nitrogens with one attached hydrogen (secondary N) is 1. The smallest absolute Gasteiger partial charge is 0.397 e. The number of hydrogen-bond donors (Lipinski definition) is 3. The van der Waals surface area contributed by atoms with E-state index in [9.17, 15) is 18.0 Å². The lowest BCUT2D eigenvalue weighted by Crippen LogP contribution is -2.30. The van der Waals surface area contributed by atoms with Gasteiger partial charge in [0.25, 0.3) is 5.91 Å². The second-order valence-electron chi connectivity index (χ2n) is 11.1. The van der Waals surface area contributed by atoms with Gasteiger partial charge in [-0.2, -0.15) is 18.3 Å². The number of anilines is 3. The number of carbonyl (C=O) groups excluding carboxylic acids is 1. The summed E-state index contributed by atoms with van der Waals surface area (Å²) < 4.78 is 43.1. The molecule has 0 saturated heterocycles. The van der Waals surface area contributed by atoms with Gasteiger partial charge >= 0.3 is 6.18 Å². The van der Waals surface area contributed by atoms with Gasteiger partial charge in [-0.25, -0.2) is 5.84 Å². The molecule has 4 rings (SSSR count). The number of aryl methyl sites for hydroxylation is 2. The van der Waals surface area contributed by atoms with Crippen molar-refractivity contribution < 1.29 is 18.0 Å². The van der Waals surface area contributed by atoms with E-state index < -0.39 is 17.6 Å². The Kier molecular flexibility index (Phi) is 10.7. The average Bonchev–Trinajstić information content (AvgIpc) is 3.40. The number of likely N-dealkylation sites (N-methyl/N-ethyl adjacent to an activating group) is 2. The van der Waals surface area contributed by atoms with Crippen molar-refractivity contribution in [3.8, 4) is 11.3 Å². The Morgan fingerprint density at radius 2 is 1.76 bits per heavy atom. The summed E-state index contributed by atoms with van der Waals surface area (Å²) >= 11 is 6.06. The van der Waals surface area contributed by atoms with Gasteiger partial charge in [-0.3, -0.25) is 14.5 Å². The largest absolute Gasteiger partial charge is 0.416 e. The highest BCUT2D eigenvalue weighted by molar-refractivity contribution is 6.30. The summed E-state index contributed by atoms with van der Waals surface area (Å²) in [6, 6.07) is 15.6. The highest BCUT2D eigenvalue weighted by Crippen LogP contribution is 2.35. The Hall–Kier alpha value is -4.52. The van der Waals surface area contributed by atoms with E-state index in [1.54, 1.807) is 60.2 Å². The van der Waals surface area contributed by atoms with Crippen LogP contribution >= 0.6 is 11.6 Å². The lowest BCUT2D eigenvalue weighted by molar-refractivity contribution is -0.137. The van der Waals surface area contributed by atoms with Crippen LogP contribution in [0.4, 0.5) is 30.2 Å². The Labute approximate surface area is 271 Å². The molecule has 244 valence electrons. The maximum atomic E-state index is 13.8. The van der Waals surface area contributed by atoms with E-state index in [-0.39, 0.29) is 11.3 Å². The second-order valence-corrected chi connectivity index (χ2v) is 11.5. The molecule has 0 spiro atoms. The number of rotatable bonds is 11. The first-order chi connectivity index (χ1) is 21.7. The minimum Gasteiger partial charge on any atom is -0.397 e. The van der Waals surface area contributed by atoms with Crippen molar-refractivity contribution in [3.05, 3.63) is 100 Å². The van der Waals surface area contributed by atoms with Crippen molar-refractivity contribution >= 4 is 40.3 Å². The van der Waals surface area contributed by atoms with E-state index in [2.05, 4.69) is 15.3 Å². The summed E-state index contributed by atoms with van der Waals surface area (Å²) in [6.45, 7) is 5.79. The number of nitrogens with two attached hydrogens (primary N) is 2. The molecular formula is C33H38ClF3N8O. The molecule has 0 saturated carbocycles. The van der Waals surface area contributed by atoms with Crippen LogP contribution in [0.1, 0.15) is 34.0 Å². The lowest BCUT2D eigenvalue weighted by atomic mass is 10.1. The van der Waals surface area contributed by atoms with Gasteiger partial charge in [0.1, 0.15) is 0 Å². The van der Waals surface area contributed by atoms with Gasteiger partial charge in [-0.1, -0.05) is 36.7 Å². The number of halogens is 4. The molecule has 3 aromatic carbocycles. The number of benzene rings is 3. The average molecular weight is 655 g/mol. The normalized spacial score (nSPS) is 12.0. The van der Waals surface area contributed by atoms with Crippen molar-refractivity contribution in [2.45, 2.75) is 20.0 Å². The summed E-state index contributed by atoms with van der Waals surface area (Å²) in [5.74, 6) is 5.82. The molecule has 5 N–H and O–H groups in total. The van der Waals surface area contributed by atoms with Crippen LogP contribution in [-0.4, -0.2) is 54.3 Å². The molecule has 0 atom stereocenters. The van der Waals surface area contributed by atoms with Gasteiger partial charge in [0.2, 0.25) is 0 Å². The molecule has 4 aromatic rings. The molecule has 1 aromatic heterocycles. The third-order valence-electron chi connectivity index (χ3n) is 7.70. The van der Waals surface area contributed by atoms with Crippen molar-refractivity contribution in [1.82, 2.24) is 14.7 Å². The fourth-order valence-corrected chi connectivity index (χ4v) is 4.92. The third kappa shape index (κ3) is 8.19. The number of hydrogen-bond acceptors (Lipinski definition) is 7. The zero-order valence-electron chi connectivity index (χ0n) is 26.4. The van der Waals surface area contributed by atoms with E-state index >= 15 is 0 Å². The zero-order chi connectivity index (χ0) is 33.8. The van der Waals surface area contributed by atoms with Crippen LogP contribution in [0.2, 0.25) is 5.02 Å². The molecule has 46 heavy (non-hydrogen) atoms. The van der Waals surface area contributed by atoms with E-state index in [1.807, 2.05) is 33.0 Å². The first-order valence-electron chi connectivity index (χ1n) is 14.5. The van der Waals surface area contributed by atoms with Crippen LogP contribution in [0.25, 0.3) is 17.0 Å². The van der Waals surface area contributed by atoms with Crippen molar-refractivity contribution in [2.24, 2.45) is 18.6 Å². The summed E-state index contributed by atoms with van der Waals surface area (Å²) in [7, 11) is 5.45. The van der Waals surface area contributed by atoms with Gasteiger partial charge in [0.15, 0.2) is 0 Å². The molecule has 0 unspecified atom stereocenters. The first kappa shape index (κ1) is 34.4. The molecule has 13 heteroatoms. The van der Waals surface area contributed by atoms with Gasteiger partial charge in [-0.15, -0.1) is 0 Å². The number of carbonyl (C=O) groups is 1. The number of hydrazine groups is 1. The minimum atomic E-state index is -4.60. The quantitative estimate of drug-likeness (QED) is 0.128. The maximum absolute atomic E-state index is 13.8. The van der Waals surface area contributed by atoms with E-state index in [0.717, 1.165) is 35.5 Å². The Morgan fingerprint density at radius 3 is 2.41 bits per heavy atom. The maximum Gasteiger partial charge on any atom is 0.416 e. The fourth-order valence-electron chi connectivity index (χ4n) is 4.80. The zero-order valence-corrected chi connectivity index (χ0v) is 27.1. The van der Waals surface area contributed by atoms with Crippen molar-refractivity contribution in [2.75, 3.05) is 49.0 Å². The van der Waals surface area contributed by atoms with Crippen LogP contribution in [0, 0.1) is 6.92 Å². The molecule has 0 aliphatic rings. The minimum absolute atomic E-state index is 0.0210. The lowest BCUT2D eigenvalue weighted by Gasteiger charge is -2.24. The van der Waals surface area contributed by atoms with Gasteiger partial charge in [0, 0.05) is 66.5 Å². The van der Waals surface area contributed by atoms with Crippen LogP contribution in [-0.2, 0) is 13.2 Å². The standard InChI is InChI=1S/C33H38ClF3N8O/c1-6-42(3)13-14-43(4)27-17-24(33(35,36)37)16-26(18-27)41-32(46)23-8-7-21(2)30(15-23)45(39)20-29(38)28-19-40-44(5)31(28)22-9-11-25(34)12-10-22/h7-12,15-20H,6,13-14,38-39H2,1-5H3,(H,41,46)/b29-20-. The number of aromatic nitrogens is 2. The molecular weight excluding hydrogens is 617 g/mol. The van der Waals surface area contributed by atoms with Crippen LogP contribution in [0.15, 0.2) is 73.1 Å². The molecule has 0 radical (unpaired) electrons. The first-order valence-corrected chi connectivity index (χ1v) is 14.9. The Balaban J connectivity index is 1.59. The van der Waals surface area contributed by atoms with Gasteiger partial charge in [0.05, 0.1) is 28.8 Å². The monoisotopic (exact) mass is 654 g/mol. The predicted molar refractivity (Wildman–Crippen MR) is 180 cm³/mol. The molecule has 0 aliphatic heterocycles. The Bertz CT molecular complexity index is 1720. The topological polar surface area (TPSA) is 109 Å². The van der Waals surface area contributed by atoms with Crippen molar-refractivity contribution in [3.63, 3.8) is 0 Å². The summed E-state index contributed by atoms with van der Waals surface area (Å²) in [5, 5.41) is 8.87. The predicted octanol–water partition coefficient (Wildman–Crippen LogP) is 6.35. The fraction of sp³-hybridized carbons (Fsp3) is 0.273. The van der Waals surface area contributed by atoms with E-state index in [1.165, 1.54) is 17.3 Å². The van der Waals surface area contributed by atoms with Crippen LogP contribution in [0.3, 0.4) is 0 Å².